The van der Waals surface area contributed by atoms with Gasteiger partial charge in [-0.1, -0.05) is 61.2 Å². The zero-order valence-electron chi connectivity index (χ0n) is 10.7. The van der Waals surface area contributed by atoms with Crippen LogP contribution in [0.15, 0.2) is 59.2 Å². The summed E-state index contributed by atoms with van der Waals surface area (Å²) in [5.74, 6) is -0.289. The number of rotatable bonds is 5. The normalized spacial score (nSPS) is 12.3. The van der Waals surface area contributed by atoms with Gasteiger partial charge in [-0.15, -0.1) is 0 Å². The van der Waals surface area contributed by atoms with E-state index in [0.29, 0.717) is 5.56 Å². The van der Waals surface area contributed by atoms with Crippen LogP contribution in [0.25, 0.3) is 12.2 Å². The molecule has 1 aromatic carbocycles. The van der Waals surface area contributed by atoms with E-state index in [2.05, 4.69) is 18.2 Å². The Bertz CT molecular complexity index is 568. The Morgan fingerprint density at radius 3 is 2.68 bits per heavy atom. The van der Waals surface area contributed by atoms with E-state index < -0.39 is 0 Å². The van der Waals surface area contributed by atoms with Gasteiger partial charge in [-0.3, -0.25) is 0 Å². The first kappa shape index (κ1) is 15.1. The van der Waals surface area contributed by atoms with Crippen LogP contribution in [-0.2, 0) is 0 Å². The van der Waals surface area contributed by atoms with Gasteiger partial charge in [0.25, 0.3) is 0 Å². The number of hydrogen-bond acceptors (Lipinski definition) is 1. The summed E-state index contributed by atoms with van der Waals surface area (Å²) in [5, 5.41) is 0.203. The monoisotopic (exact) mass is 275 g/mol. The fourth-order valence-electron chi connectivity index (χ4n) is 1.35. The average molecular weight is 276 g/mol. The van der Waals surface area contributed by atoms with Crippen molar-refractivity contribution < 1.29 is 4.39 Å². The molecule has 1 nitrogen and oxygen atoms in total. The number of allylic oxidation sites excluding steroid dienone is 3. The minimum absolute atomic E-state index is 0.203. The van der Waals surface area contributed by atoms with E-state index in [0.717, 1.165) is 11.1 Å². The average Bonchev–Trinajstić information content (AvgIpc) is 2.39. The van der Waals surface area contributed by atoms with E-state index in [-0.39, 0.29) is 11.0 Å². The van der Waals surface area contributed by atoms with Crippen molar-refractivity contribution in [2.75, 3.05) is 0 Å². The lowest BCUT2D eigenvalue weighted by Crippen LogP contribution is -1.85. The van der Waals surface area contributed by atoms with Crippen molar-refractivity contribution in [3.63, 3.8) is 0 Å². The van der Waals surface area contributed by atoms with Crippen LogP contribution < -0.4 is 0 Å². The second-order valence-corrected chi connectivity index (χ2v) is 4.18. The fraction of sp³-hybridized carbons (Fsp3) is 0.0625. The molecule has 0 aliphatic heterocycles. The summed E-state index contributed by atoms with van der Waals surface area (Å²) in [5.41, 5.74) is 2.07. The van der Waals surface area contributed by atoms with Crippen LogP contribution in [0.3, 0.4) is 0 Å². The van der Waals surface area contributed by atoms with Crippen molar-refractivity contribution >= 4 is 30.0 Å². The minimum atomic E-state index is -0.289. The molecule has 0 N–H and O–H groups in total. The summed E-state index contributed by atoms with van der Waals surface area (Å²) in [6, 6.07) is 4.95. The van der Waals surface area contributed by atoms with Gasteiger partial charge < -0.3 is 0 Å². The van der Waals surface area contributed by atoms with Gasteiger partial charge in [0.2, 0.25) is 0 Å². The lowest BCUT2D eigenvalue weighted by molar-refractivity contribution is 0.625. The van der Waals surface area contributed by atoms with E-state index in [1.807, 2.05) is 13.0 Å². The van der Waals surface area contributed by atoms with Gasteiger partial charge in [-0.05, 0) is 24.1 Å². The van der Waals surface area contributed by atoms with E-state index in [1.165, 1.54) is 6.07 Å². The smallest absolute Gasteiger partial charge is 0.131 e. The summed E-state index contributed by atoms with van der Waals surface area (Å²) in [6.07, 6.45) is 8.46. The molecule has 0 heterocycles. The Balaban J connectivity index is 2.91. The molecule has 0 amide bonds. The highest BCUT2D eigenvalue weighted by Crippen LogP contribution is 2.14. The highest BCUT2D eigenvalue weighted by molar-refractivity contribution is 6.29. The minimum Gasteiger partial charge on any atom is -0.245 e. The highest BCUT2D eigenvalue weighted by Gasteiger charge is 1.98. The first-order valence-corrected chi connectivity index (χ1v) is 6.09. The second-order valence-electron chi connectivity index (χ2n) is 3.74. The van der Waals surface area contributed by atoms with Crippen molar-refractivity contribution in [3.8, 4) is 0 Å². The summed E-state index contributed by atoms with van der Waals surface area (Å²) < 4.78 is 13.7. The SMILES string of the molecule is C=Cc1ccc(/C=C\C(C=NC(=C)Cl)=C\C)c(F)c1. The molecule has 0 spiro atoms. The van der Waals surface area contributed by atoms with E-state index in [4.69, 9.17) is 11.6 Å². The fourth-order valence-corrected chi connectivity index (χ4v) is 1.40. The van der Waals surface area contributed by atoms with Crippen molar-refractivity contribution in [2.24, 2.45) is 4.99 Å². The highest BCUT2D eigenvalue weighted by atomic mass is 35.5. The molecule has 3 heteroatoms. The zero-order valence-corrected chi connectivity index (χ0v) is 11.5. The molecule has 1 rings (SSSR count). The van der Waals surface area contributed by atoms with Gasteiger partial charge in [0.15, 0.2) is 0 Å². The molecule has 0 radical (unpaired) electrons. The summed E-state index contributed by atoms with van der Waals surface area (Å²) in [4.78, 5) is 3.88. The van der Waals surface area contributed by atoms with Crippen LogP contribution in [0.4, 0.5) is 4.39 Å². The number of aliphatic imine (C=N–C) groups is 1. The molecule has 1 aromatic rings. The molecule has 0 aliphatic rings. The maximum atomic E-state index is 13.7. The number of hydrogen-bond donors (Lipinski definition) is 0. The van der Waals surface area contributed by atoms with Gasteiger partial charge >= 0.3 is 0 Å². The third kappa shape index (κ3) is 5.06. The molecule has 0 saturated carbocycles. The van der Waals surface area contributed by atoms with Gasteiger partial charge in [0, 0.05) is 11.8 Å². The number of halogens is 2. The van der Waals surface area contributed by atoms with Crippen LogP contribution >= 0.6 is 11.6 Å². The third-order valence-electron chi connectivity index (χ3n) is 2.40. The lowest BCUT2D eigenvalue weighted by atomic mass is 10.1. The Kier molecular flexibility index (Phi) is 5.97. The zero-order chi connectivity index (χ0) is 14.3. The van der Waals surface area contributed by atoms with Crippen LogP contribution in [0.1, 0.15) is 18.1 Å². The quantitative estimate of drug-likeness (QED) is 0.397. The van der Waals surface area contributed by atoms with Crippen LogP contribution in [-0.4, -0.2) is 6.21 Å². The topological polar surface area (TPSA) is 12.4 Å². The summed E-state index contributed by atoms with van der Waals surface area (Å²) in [7, 11) is 0. The van der Waals surface area contributed by atoms with Gasteiger partial charge in [-0.25, -0.2) is 9.38 Å². The predicted octanol–water partition coefficient (Wildman–Crippen LogP) is 5.21. The largest absolute Gasteiger partial charge is 0.245 e. The molecular weight excluding hydrogens is 261 g/mol. The molecule has 19 heavy (non-hydrogen) atoms. The lowest BCUT2D eigenvalue weighted by Gasteiger charge is -1.99. The van der Waals surface area contributed by atoms with Crippen LogP contribution in [0, 0.1) is 5.82 Å². The summed E-state index contributed by atoms with van der Waals surface area (Å²) in [6.45, 7) is 8.92. The molecule has 0 unspecified atom stereocenters. The molecule has 98 valence electrons. The molecule has 0 saturated heterocycles. The number of nitrogens with zero attached hydrogens (tertiary/aromatic N) is 1. The van der Waals surface area contributed by atoms with Gasteiger partial charge in [0.1, 0.15) is 11.0 Å². The van der Waals surface area contributed by atoms with E-state index in [1.54, 1.807) is 36.6 Å². The predicted molar refractivity (Wildman–Crippen MR) is 82.8 cm³/mol. The van der Waals surface area contributed by atoms with Crippen LogP contribution in [0.5, 0.6) is 0 Å². The van der Waals surface area contributed by atoms with Crippen molar-refractivity contribution in [2.45, 2.75) is 6.92 Å². The molecule has 0 atom stereocenters. The molecule has 0 fully saturated rings. The van der Waals surface area contributed by atoms with E-state index in [9.17, 15) is 4.39 Å². The number of benzene rings is 1. The first-order valence-electron chi connectivity index (χ1n) is 5.71. The van der Waals surface area contributed by atoms with Crippen molar-refractivity contribution in [1.29, 1.82) is 0 Å². The van der Waals surface area contributed by atoms with Gasteiger partial charge in [-0.2, -0.15) is 0 Å². The van der Waals surface area contributed by atoms with Crippen molar-refractivity contribution in [3.05, 3.63) is 71.2 Å². The standard InChI is InChI=1S/C16H15ClFN/c1-4-13-6-8-15(16(18)10-13)9-7-14(5-2)11-19-12(3)17/h4-11H,1,3H2,2H3/b9-7-,14-5-,19-11?. The van der Waals surface area contributed by atoms with Gasteiger partial charge in [0.05, 0.1) is 0 Å². The maximum Gasteiger partial charge on any atom is 0.131 e. The maximum absolute atomic E-state index is 13.7. The third-order valence-corrected chi connectivity index (χ3v) is 2.50. The molecule has 0 aliphatic carbocycles. The summed E-state index contributed by atoms with van der Waals surface area (Å²) >= 11 is 5.54. The molecule has 0 aromatic heterocycles. The second kappa shape index (κ2) is 7.49. The van der Waals surface area contributed by atoms with E-state index >= 15 is 0 Å². The Morgan fingerprint density at radius 1 is 1.42 bits per heavy atom. The Hall–Kier alpha value is -1.93. The van der Waals surface area contributed by atoms with Crippen LogP contribution in [0.2, 0.25) is 0 Å². The molecular formula is C16H15ClFN. The Morgan fingerprint density at radius 2 is 2.16 bits per heavy atom. The molecule has 0 bridgehead atoms. The first-order chi connectivity index (χ1) is 9.06. The Labute approximate surface area is 118 Å². The van der Waals surface area contributed by atoms with Crippen molar-refractivity contribution in [1.82, 2.24) is 0 Å².